The minimum Gasteiger partial charge on any atom is -0.337 e. The highest BCUT2D eigenvalue weighted by Crippen LogP contribution is 2.42. The third kappa shape index (κ3) is 3.77. The van der Waals surface area contributed by atoms with Crippen molar-refractivity contribution < 1.29 is 30.9 Å². The van der Waals surface area contributed by atoms with E-state index in [1.54, 1.807) is 6.92 Å². The Morgan fingerprint density at radius 2 is 1.78 bits per heavy atom. The number of aromatic nitrogens is 4. The molecule has 0 aliphatic heterocycles. The molecule has 0 saturated carbocycles. The fourth-order valence-corrected chi connectivity index (χ4v) is 3.33. The highest BCUT2D eigenvalue weighted by molar-refractivity contribution is 5.90. The van der Waals surface area contributed by atoms with Gasteiger partial charge in [0.2, 0.25) is 0 Å². The van der Waals surface area contributed by atoms with Gasteiger partial charge in [-0.1, -0.05) is 17.3 Å². The number of pyridine rings is 1. The quantitative estimate of drug-likeness (QED) is 0.282. The lowest BCUT2D eigenvalue weighted by molar-refractivity contribution is -0.141. The van der Waals surface area contributed by atoms with Crippen LogP contribution in [0.1, 0.15) is 22.8 Å². The number of nitrogens with zero attached hydrogens (tertiary/aromatic N) is 5. The zero-order chi connectivity index (χ0) is 23.3. The second-order valence-corrected chi connectivity index (χ2v) is 6.80. The molecule has 4 aromatic rings. The smallest absolute Gasteiger partial charge is 0.337 e. The van der Waals surface area contributed by atoms with Crippen LogP contribution in [0, 0.1) is 13.5 Å². The van der Waals surface area contributed by atoms with E-state index in [4.69, 9.17) is 11.1 Å². The minimum absolute atomic E-state index is 0.0302. The third-order valence-corrected chi connectivity index (χ3v) is 4.70. The summed E-state index contributed by atoms with van der Waals surface area (Å²) in [4.78, 5) is 10.5. The van der Waals surface area contributed by atoms with Crippen molar-refractivity contribution in [1.29, 1.82) is 0 Å². The number of hydrogen-bond acceptors (Lipinski definition) is 4. The topological polar surface area (TPSA) is 61.1 Å². The standard InChI is InChI=1S/C20H11F6N5O/c1-10-8-11-14(7-6-12(27-2)17(11)20(24,25)26)31(10)9-16-29-18(32-30-16)13-4-3-5-15(28-13)19(21,22)23/h3-8H,9H2,1H3. The van der Waals surface area contributed by atoms with E-state index in [0.717, 1.165) is 18.2 Å². The van der Waals surface area contributed by atoms with E-state index in [9.17, 15) is 26.3 Å². The van der Waals surface area contributed by atoms with Crippen LogP contribution >= 0.6 is 0 Å². The lowest BCUT2D eigenvalue weighted by Crippen LogP contribution is -2.08. The van der Waals surface area contributed by atoms with Gasteiger partial charge in [0, 0.05) is 16.6 Å². The van der Waals surface area contributed by atoms with Gasteiger partial charge in [0.05, 0.1) is 18.7 Å². The third-order valence-electron chi connectivity index (χ3n) is 4.70. The van der Waals surface area contributed by atoms with Gasteiger partial charge >= 0.3 is 12.4 Å². The molecule has 0 amide bonds. The zero-order valence-electron chi connectivity index (χ0n) is 16.1. The number of halogens is 6. The van der Waals surface area contributed by atoms with E-state index < -0.39 is 29.3 Å². The highest BCUT2D eigenvalue weighted by Gasteiger charge is 2.36. The summed E-state index contributed by atoms with van der Waals surface area (Å²) in [6, 6.07) is 6.99. The lowest BCUT2D eigenvalue weighted by atomic mass is 10.1. The van der Waals surface area contributed by atoms with Gasteiger partial charge in [0.15, 0.2) is 11.5 Å². The summed E-state index contributed by atoms with van der Waals surface area (Å²) in [6.07, 6.45) is -9.38. The molecule has 32 heavy (non-hydrogen) atoms. The molecule has 4 rings (SSSR count). The molecule has 0 atom stereocenters. The Hall–Kier alpha value is -3.88. The van der Waals surface area contributed by atoms with Crippen LogP contribution in [0.2, 0.25) is 0 Å². The molecular formula is C20H11F6N5O. The lowest BCUT2D eigenvalue weighted by Gasteiger charge is -2.11. The van der Waals surface area contributed by atoms with Crippen LogP contribution < -0.4 is 0 Å². The highest BCUT2D eigenvalue weighted by atomic mass is 19.4. The first-order valence-corrected chi connectivity index (χ1v) is 8.93. The maximum atomic E-state index is 13.6. The Kier molecular flexibility index (Phi) is 4.92. The van der Waals surface area contributed by atoms with Crippen molar-refractivity contribution in [2.24, 2.45) is 0 Å². The maximum absolute atomic E-state index is 13.6. The Balaban J connectivity index is 1.73. The molecule has 164 valence electrons. The van der Waals surface area contributed by atoms with Crippen LogP contribution in [0.3, 0.4) is 0 Å². The summed E-state index contributed by atoms with van der Waals surface area (Å²) < 4.78 is 85.8. The summed E-state index contributed by atoms with van der Waals surface area (Å²) in [7, 11) is 0. The van der Waals surface area contributed by atoms with Crippen molar-refractivity contribution in [2.45, 2.75) is 25.8 Å². The summed E-state index contributed by atoms with van der Waals surface area (Å²) in [5, 5.41) is 3.57. The predicted octanol–water partition coefficient (Wildman–Crippen LogP) is 6.03. The zero-order valence-corrected chi connectivity index (χ0v) is 16.1. The number of rotatable bonds is 3. The molecule has 0 N–H and O–H groups in total. The van der Waals surface area contributed by atoms with Crippen LogP contribution in [0.15, 0.2) is 40.9 Å². The normalized spacial score (nSPS) is 12.3. The first kappa shape index (κ1) is 21.4. The summed E-state index contributed by atoms with van der Waals surface area (Å²) in [5.41, 5.74) is -2.22. The van der Waals surface area contributed by atoms with E-state index >= 15 is 0 Å². The van der Waals surface area contributed by atoms with Gasteiger partial charge in [-0.15, -0.1) is 0 Å². The van der Waals surface area contributed by atoms with Crippen molar-refractivity contribution in [2.75, 3.05) is 0 Å². The second-order valence-electron chi connectivity index (χ2n) is 6.80. The minimum atomic E-state index is -4.73. The van der Waals surface area contributed by atoms with Gasteiger partial charge in [-0.2, -0.15) is 31.3 Å². The molecule has 0 radical (unpaired) electrons. The average molecular weight is 451 g/mol. The first-order valence-electron chi connectivity index (χ1n) is 8.93. The Morgan fingerprint density at radius 1 is 1.03 bits per heavy atom. The molecule has 12 heteroatoms. The average Bonchev–Trinajstić information content (AvgIpc) is 3.31. The van der Waals surface area contributed by atoms with E-state index in [1.165, 1.54) is 22.8 Å². The Bertz CT molecular complexity index is 1360. The Morgan fingerprint density at radius 3 is 2.44 bits per heavy atom. The molecular weight excluding hydrogens is 440 g/mol. The predicted molar refractivity (Wildman–Crippen MR) is 99.6 cm³/mol. The molecule has 3 heterocycles. The van der Waals surface area contributed by atoms with Crippen molar-refractivity contribution in [3.63, 3.8) is 0 Å². The Labute approximate surface area is 175 Å². The molecule has 0 fully saturated rings. The van der Waals surface area contributed by atoms with E-state index in [2.05, 4.69) is 20.0 Å². The molecule has 0 aliphatic carbocycles. The van der Waals surface area contributed by atoms with Gasteiger partial charge < -0.3 is 9.09 Å². The van der Waals surface area contributed by atoms with Crippen LogP contribution in [-0.2, 0) is 18.9 Å². The summed E-state index contributed by atoms with van der Waals surface area (Å²) in [5.74, 6) is -0.228. The van der Waals surface area contributed by atoms with Crippen LogP contribution in [0.25, 0.3) is 27.3 Å². The number of fused-ring (bicyclic) bond motifs is 1. The van der Waals surface area contributed by atoms with Gasteiger partial charge in [0.1, 0.15) is 11.4 Å². The van der Waals surface area contributed by atoms with E-state index in [1.807, 2.05) is 0 Å². The van der Waals surface area contributed by atoms with Crippen LogP contribution in [-0.4, -0.2) is 19.7 Å². The van der Waals surface area contributed by atoms with E-state index in [0.29, 0.717) is 5.69 Å². The van der Waals surface area contributed by atoms with Crippen LogP contribution in [0.5, 0.6) is 0 Å². The molecule has 1 aromatic carbocycles. The van der Waals surface area contributed by atoms with Crippen molar-refractivity contribution in [3.8, 4) is 11.6 Å². The van der Waals surface area contributed by atoms with Crippen molar-refractivity contribution in [3.05, 3.63) is 70.6 Å². The fraction of sp³-hybridized carbons (Fsp3) is 0.200. The van der Waals surface area contributed by atoms with Gasteiger partial charge in [-0.05, 0) is 31.2 Å². The van der Waals surface area contributed by atoms with Gasteiger partial charge in [0.25, 0.3) is 5.89 Å². The SMILES string of the molecule is [C-]#[N+]c1ccc2c(cc(C)n2Cc2noc(-c3cccc(C(F)(F)F)n3)n2)c1C(F)(F)F. The van der Waals surface area contributed by atoms with Crippen LogP contribution in [0.4, 0.5) is 32.0 Å². The van der Waals surface area contributed by atoms with Gasteiger partial charge in [-0.3, -0.25) is 0 Å². The van der Waals surface area contributed by atoms with Gasteiger partial charge in [-0.25, -0.2) is 9.83 Å². The molecule has 0 aliphatic rings. The molecule has 3 aromatic heterocycles. The second kappa shape index (κ2) is 7.37. The molecule has 0 spiro atoms. The largest absolute Gasteiger partial charge is 0.433 e. The van der Waals surface area contributed by atoms with Crippen molar-refractivity contribution in [1.82, 2.24) is 19.7 Å². The summed E-state index contributed by atoms with van der Waals surface area (Å²) >= 11 is 0. The van der Waals surface area contributed by atoms with Crippen molar-refractivity contribution >= 4 is 16.6 Å². The summed E-state index contributed by atoms with van der Waals surface area (Å²) in [6.45, 7) is 8.50. The first-order chi connectivity index (χ1) is 15.0. The van der Waals surface area contributed by atoms with E-state index in [-0.39, 0.29) is 34.9 Å². The maximum Gasteiger partial charge on any atom is 0.433 e. The molecule has 0 bridgehead atoms. The number of alkyl halides is 6. The molecule has 6 nitrogen and oxygen atoms in total. The molecule has 0 unspecified atom stereocenters. The number of benzene rings is 1. The fourth-order valence-electron chi connectivity index (χ4n) is 3.33. The number of hydrogen-bond donors (Lipinski definition) is 0. The monoisotopic (exact) mass is 451 g/mol. The molecule has 0 saturated heterocycles. The number of aryl methyl sites for hydroxylation is 1.